The molecule has 1 fully saturated rings. The summed E-state index contributed by atoms with van der Waals surface area (Å²) in [5.41, 5.74) is -2.58. The van der Waals surface area contributed by atoms with Gasteiger partial charge < -0.3 is 15.3 Å². The van der Waals surface area contributed by atoms with Gasteiger partial charge in [-0.05, 0) is 67.1 Å². The van der Waals surface area contributed by atoms with Crippen LogP contribution in [0.4, 0.5) is 18.9 Å². The van der Waals surface area contributed by atoms with Crippen molar-refractivity contribution in [3.63, 3.8) is 0 Å². The van der Waals surface area contributed by atoms with E-state index in [1.54, 1.807) is 25.1 Å². The quantitative estimate of drug-likeness (QED) is 0.424. The molecule has 2 unspecified atom stereocenters. The number of hydrogen-bond donors (Lipinski definition) is 3. The van der Waals surface area contributed by atoms with Crippen LogP contribution < -0.4 is 10.6 Å². The molecule has 2 heterocycles. The molecule has 0 bridgehead atoms. The number of amides is 3. The van der Waals surface area contributed by atoms with E-state index in [4.69, 9.17) is 0 Å². The van der Waals surface area contributed by atoms with Gasteiger partial charge in [0, 0.05) is 29.0 Å². The average Bonchev–Trinajstić information content (AvgIpc) is 2.78. The van der Waals surface area contributed by atoms with E-state index in [1.165, 1.54) is 29.2 Å². The van der Waals surface area contributed by atoms with Crippen molar-refractivity contribution in [3.8, 4) is 0 Å². The number of alkyl halides is 3. The van der Waals surface area contributed by atoms with E-state index >= 15 is 0 Å². The second-order valence-electron chi connectivity index (χ2n) is 8.05. The fourth-order valence-corrected chi connectivity index (χ4v) is 4.56. The fraction of sp³-hybridized carbons (Fsp3) is 0.304. The van der Waals surface area contributed by atoms with E-state index < -0.39 is 29.6 Å². The number of piperidine rings is 1. The van der Waals surface area contributed by atoms with E-state index in [0.717, 1.165) is 0 Å². The number of rotatable bonds is 5. The van der Waals surface area contributed by atoms with E-state index in [9.17, 15) is 32.7 Å². The summed E-state index contributed by atoms with van der Waals surface area (Å²) < 4.78 is 37.4. The molecule has 2 aromatic carbocycles. The molecule has 2 aromatic rings. The van der Waals surface area contributed by atoms with Crippen LogP contribution in [0.25, 0.3) is 0 Å². The van der Waals surface area contributed by atoms with Gasteiger partial charge in [-0.25, -0.2) is 4.99 Å². The summed E-state index contributed by atoms with van der Waals surface area (Å²) in [7, 11) is 0. The minimum atomic E-state index is -4.41. The van der Waals surface area contributed by atoms with Crippen molar-refractivity contribution in [1.29, 1.82) is 0 Å². The Hall–Kier alpha value is -3.38. The Kier molecular flexibility index (Phi) is 6.86. The van der Waals surface area contributed by atoms with Gasteiger partial charge in [0.2, 0.25) is 11.8 Å². The highest BCUT2D eigenvalue weighted by Gasteiger charge is 2.38. The monoisotopic (exact) mass is 506 g/mol. The lowest BCUT2D eigenvalue weighted by atomic mass is 9.99. The lowest BCUT2D eigenvalue weighted by molar-refractivity contribution is -0.139. The maximum atomic E-state index is 12.5. The first-order valence-electron chi connectivity index (χ1n) is 10.6. The van der Waals surface area contributed by atoms with Crippen molar-refractivity contribution in [3.05, 3.63) is 59.2 Å². The molecule has 2 aliphatic rings. The summed E-state index contributed by atoms with van der Waals surface area (Å²) in [5.74, 6) is -0.889. The molecule has 3 amide bonds. The van der Waals surface area contributed by atoms with Crippen LogP contribution in [0.15, 0.2) is 52.4 Å². The highest BCUT2D eigenvalue weighted by molar-refractivity contribution is 8.00. The Morgan fingerprint density at radius 1 is 1.23 bits per heavy atom. The number of nitrogens with zero attached hydrogens (tertiary/aromatic N) is 2. The standard InChI is InChI=1S/C23H21F3N4O4S/c1-12-28-17-7-2-13(10-16(17)22(34)30(12)18-8-9-19(31)29-21(18)33)11-27-20(32)14-3-5-15(6-4-14)35-23(24,25)26/h2-7,10,18,22,34H,8-9,11H2,1H3,(H,27,32)(H,29,31,33). The van der Waals surface area contributed by atoms with Gasteiger partial charge in [0.05, 0.1) is 5.69 Å². The number of carbonyl (C=O) groups is 3. The van der Waals surface area contributed by atoms with Crippen LogP contribution in [-0.4, -0.2) is 45.1 Å². The smallest absolute Gasteiger partial charge is 0.369 e. The summed E-state index contributed by atoms with van der Waals surface area (Å²) in [6.45, 7) is 1.77. The molecule has 0 radical (unpaired) electrons. The number of fused-ring (bicyclic) bond motifs is 1. The van der Waals surface area contributed by atoms with E-state index in [0.29, 0.717) is 22.6 Å². The van der Waals surface area contributed by atoms with Crippen molar-refractivity contribution in [2.24, 2.45) is 4.99 Å². The molecule has 184 valence electrons. The van der Waals surface area contributed by atoms with Crippen LogP contribution in [-0.2, 0) is 16.1 Å². The molecule has 2 atom stereocenters. The SMILES string of the molecule is CC1=Nc2ccc(CNC(=O)c3ccc(SC(F)(F)F)cc3)cc2C(O)N1C1CCC(=O)NC1=O. The summed E-state index contributed by atoms with van der Waals surface area (Å²) in [4.78, 5) is 42.2. The van der Waals surface area contributed by atoms with Gasteiger partial charge in [0.25, 0.3) is 5.91 Å². The lowest BCUT2D eigenvalue weighted by Gasteiger charge is -2.40. The Labute approximate surface area is 202 Å². The van der Waals surface area contributed by atoms with Crippen molar-refractivity contribution in [2.45, 2.75) is 49.0 Å². The molecule has 0 saturated carbocycles. The summed E-state index contributed by atoms with van der Waals surface area (Å²) in [6, 6.07) is 9.42. The normalized spacial score (nSPS) is 20.1. The van der Waals surface area contributed by atoms with Crippen LogP contribution >= 0.6 is 11.8 Å². The molecule has 3 N–H and O–H groups in total. The Morgan fingerprint density at radius 2 is 1.94 bits per heavy atom. The van der Waals surface area contributed by atoms with Crippen molar-refractivity contribution < 1.29 is 32.7 Å². The Balaban J connectivity index is 1.45. The molecule has 4 rings (SSSR count). The summed E-state index contributed by atoms with van der Waals surface area (Å²) >= 11 is -0.256. The third-order valence-electron chi connectivity index (χ3n) is 5.64. The van der Waals surface area contributed by atoms with E-state index in [-0.39, 0.29) is 47.5 Å². The van der Waals surface area contributed by atoms with Crippen LogP contribution in [0.1, 0.15) is 47.5 Å². The molecule has 35 heavy (non-hydrogen) atoms. The summed E-state index contributed by atoms with van der Waals surface area (Å²) in [5, 5.41) is 16.0. The zero-order valence-electron chi connectivity index (χ0n) is 18.4. The average molecular weight is 507 g/mol. The molecule has 12 heteroatoms. The summed E-state index contributed by atoms with van der Waals surface area (Å²) in [6.07, 6.45) is -0.775. The number of hydrogen-bond acceptors (Lipinski definition) is 7. The first kappa shape index (κ1) is 24.7. The zero-order valence-corrected chi connectivity index (χ0v) is 19.2. The third kappa shape index (κ3) is 5.65. The van der Waals surface area contributed by atoms with Gasteiger partial charge in [-0.2, -0.15) is 13.2 Å². The van der Waals surface area contributed by atoms with Crippen molar-refractivity contribution >= 4 is 41.0 Å². The van der Waals surface area contributed by atoms with Gasteiger partial charge in [0.15, 0.2) is 6.23 Å². The zero-order chi connectivity index (χ0) is 25.3. The maximum Gasteiger partial charge on any atom is 0.446 e. The van der Waals surface area contributed by atoms with Crippen molar-refractivity contribution in [1.82, 2.24) is 15.5 Å². The first-order valence-corrected chi connectivity index (χ1v) is 11.5. The Bertz CT molecular complexity index is 1200. The minimum Gasteiger partial charge on any atom is -0.369 e. The number of aliphatic hydroxyl groups excluding tert-OH is 1. The second-order valence-corrected chi connectivity index (χ2v) is 9.19. The number of carbonyl (C=O) groups excluding carboxylic acids is 3. The van der Waals surface area contributed by atoms with E-state index in [2.05, 4.69) is 15.6 Å². The van der Waals surface area contributed by atoms with Gasteiger partial charge >= 0.3 is 5.51 Å². The molecule has 0 aliphatic carbocycles. The number of imide groups is 1. The number of aliphatic hydroxyl groups is 1. The molecular weight excluding hydrogens is 485 g/mol. The molecule has 1 saturated heterocycles. The minimum absolute atomic E-state index is 0.0193. The van der Waals surface area contributed by atoms with Crippen LogP contribution in [0.5, 0.6) is 0 Å². The highest BCUT2D eigenvalue weighted by Crippen LogP contribution is 2.37. The van der Waals surface area contributed by atoms with Gasteiger partial charge in [-0.15, -0.1) is 0 Å². The predicted molar refractivity (Wildman–Crippen MR) is 122 cm³/mol. The Morgan fingerprint density at radius 3 is 2.60 bits per heavy atom. The lowest BCUT2D eigenvalue weighted by Crippen LogP contribution is -2.55. The second kappa shape index (κ2) is 9.70. The molecule has 8 nitrogen and oxygen atoms in total. The predicted octanol–water partition coefficient (Wildman–Crippen LogP) is 3.39. The molecule has 0 aromatic heterocycles. The van der Waals surface area contributed by atoms with E-state index in [1.807, 2.05) is 0 Å². The first-order chi connectivity index (χ1) is 16.5. The molecule has 0 spiro atoms. The largest absolute Gasteiger partial charge is 0.446 e. The van der Waals surface area contributed by atoms with Crippen LogP contribution in [0.3, 0.4) is 0 Å². The third-order valence-corrected chi connectivity index (χ3v) is 6.38. The fourth-order valence-electron chi connectivity index (χ4n) is 4.02. The maximum absolute atomic E-state index is 12.5. The number of thioether (sulfide) groups is 1. The number of amidine groups is 1. The number of halogens is 3. The highest BCUT2D eigenvalue weighted by atomic mass is 32.2. The van der Waals surface area contributed by atoms with Crippen LogP contribution in [0.2, 0.25) is 0 Å². The number of benzene rings is 2. The number of aliphatic imine (C=N–C) groups is 1. The van der Waals surface area contributed by atoms with Crippen molar-refractivity contribution in [2.75, 3.05) is 0 Å². The topological polar surface area (TPSA) is 111 Å². The van der Waals surface area contributed by atoms with Crippen LogP contribution in [0, 0.1) is 0 Å². The van der Waals surface area contributed by atoms with Gasteiger partial charge in [-0.3, -0.25) is 19.7 Å². The number of nitrogens with one attached hydrogen (secondary N) is 2. The van der Waals surface area contributed by atoms with Gasteiger partial charge in [-0.1, -0.05) is 6.07 Å². The molecule has 2 aliphatic heterocycles. The van der Waals surface area contributed by atoms with Gasteiger partial charge in [0.1, 0.15) is 11.9 Å². The molecular formula is C23H21F3N4O4S.